The summed E-state index contributed by atoms with van der Waals surface area (Å²) >= 11 is 7.43. The summed E-state index contributed by atoms with van der Waals surface area (Å²) in [4.78, 5) is 13.2. The van der Waals surface area contributed by atoms with Gasteiger partial charge in [-0.2, -0.15) is 0 Å². The third kappa shape index (κ3) is 3.62. The minimum Gasteiger partial charge on any atom is -0.382 e. The molecule has 0 bridgehead atoms. The molecular formula is C16H17ClFN5S. The molecule has 0 aliphatic rings. The molecule has 0 saturated heterocycles. The topological polar surface area (TPSA) is 69.6 Å². The van der Waals surface area contributed by atoms with Crippen molar-refractivity contribution in [1.29, 1.82) is 0 Å². The van der Waals surface area contributed by atoms with Crippen molar-refractivity contribution in [1.82, 2.24) is 19.5 Å². The van der Waals surface area contributed by atoms with E-state index in [9.17, 15) is 4.39 Å². The van der Waals surface area contributed by atoms with Gasteiger partial charge in [0.2, 0.25) is 0 Å². The van der Waals surface area contributed by atoms with E-state index < -0.39 is 5.82 Å². The van der Waals surface area contributed by atoms with Gasteiger partial charge < -0.3 is 10.3 Å². The Hall–Kier alpha value is -1.86. The van der Waals surface area contributed by atoms with Crippen LogP contribution in [-0.2, 0) is 6.54 Å². The number of benzene rings is 1. The summed E-state index contributed by atoms with van der Waals surface area (Å²) in [6.07, 6.45) is 3.88. The Morgan fingerprint density at radius 2 is 2.17 bits per heavy atom. The van der Waals surface area contributed by atoms with Crippen LogP contribution in [0.25, 0.3) is 11.2 Å². The highest BCUT2D eigenvalue weighted by Gasteiger charge is 2.12. The zero-order valence-corrected chi connectivity index (χ0v) is 14.7. The number of thioether (sulfide) groups is 1. The maximum Gasteiger partial charge on any atom is 0.191 e. The van der Waals surface area contributed by atoms with Crippen LogP contribution < -0.4 is 5.73 Å². The van der Waals surface area contributed by atoms with Gasteiger partial charge in [0, 0.05) is 5.75 Å². The van der Waals surface area contributed by atoms with E-state index in [-0.39, 0.29) is 5.02 Å². The summed E-state index contributed by atoms with van der Waals surface area (Å²) in [5.74, 6) is 0.885. The second-order valence-electron chi connectivity index (χ2n) is 5.39. The molecule has 5 nitrogen and oxygen atoms in total. The van der Waals surface area contributed by atoms with Crippen LogP contribution in [0.5, 0.6) is 0 Å². The molecule has 2 aromatic heterocycles. The number of hydrogen-bond donors (Lipinski definition) is 1. The van der Waals surface area contributed by atoms with Gasteiger partial charge >= 0.3 is 0 Å². The van der Waals surface area contributed by atoms with Crippen LogP contribution in [0, 0.1) is 5.82 Å². The highest BCUT2D eigenvalue weighted by molar-refractivity contribution is 7.99. The predicted octanol–water partition coefficient (Wildman–Crippen LogP) is 4.14. The largest absolute Gasteiger partial charge is 0.382 e. The molecule has 126 valence electrons. The Kier molecular flexibility index (Phi) is 5.20. The number of rotatable bonds is 6. The van der Waals surface area contributed by atoms with Gasteiger partial charge in [0.05, 0.1) is 17.9 Å². The highest BCUT2D eigenvalue weighted by Crippen LogP contribution is 2.23. The van der Waals surface area contributed by atoms with Crippen LogP contribution in [0.2, 0.25) is 5.02 Å². The Labute approximate surface area is 148 Å². The average molecular weight is 366 g/mol. The lowest BCUT2D eigenvalue weighted by Crippen LogP contribution is -2.03. The standard InChI is InChI=1S/C16H17ClFN5S/c1-2-3-6-24-16-21-14(19)13-15(22-16)23(9-20-13)8-10-4-5-12(18)11(17)7-10/h4-5,7,9H,2-3,6,8H2,1H3,(H2,19,21,22). The Balaban J connectivity index is 1.91. The number of fused-ring (bicyclic) bond motifs is 1. The van der Waals surface area contributed by atoms with Gasteiger partial charge in [0.25, 0.3) is 0 Å². The Morgan fingerprint density at radius 3 is 2.92 bits per heavy atom. The summed E-state index contributed by atoms with van der Waals surface area (Å²) in [6.45, 7) is 2.62. The second-order valence-corrected chi connectivity index (χ2v) is 6.86. The number of nitrogens with zero attached hydrogens (tertiary/aromatic N) is 4. The van der Waals surface area contributed by atoms with Gasteiger partial charge in [-0.05, 0) is 24.1 Å². The van der Waals surface area contributed by atoms with Gasteiger partial charge in [-0.25, -0.2) is 19.3 Å². The lowest BCUT2D eigenvalue weighted by molar-refractivity contribution is 0.627. The van der Waals surface area contributed by atoms with E-state index in [0.717, 1.165) is 24.2 Å². The van der Waals surface area contributed by atoms with Gasteiger partial charge in [-0.15, -0.1) is 0 Å². The molecule has 2 heterocycles. The lowest BCUT2D eigenvalue weighted by Gasteiger charge is -2.07. The molecule has 0 unspecified atom stereocenters. The fraction of sp³-hybridized carbons (Fsp3) is 0.312. The van der Waals surface area contributed by atoms with Crippen LogP contribution >= 0.6 is 23.4 Å². The molecule has 8 heteroatoms. The smallest absolute Gasteiger partial charge is 0.191 e. The van der Waals surface area contributed by atoms with Crippen LogP contribution in [0.4, 0.5) is 10.2 Å². The highest BCUT2D eigenvalue weighted by atomic mass is 35.5. The van der Waals surface area contributed by atoms with E-state index in [1.165, 1.54) is 6.07 Å². The molecule has 2 N–H and O–H groups in total. The van der Waals surface area contributed by atoms with E-state index in [1.54, 1.807) is 30.2 Å². The molecule has 0 radical (unpaired) electrons. The first-order chi connectivity index (χ1) is 11.6. The third-order valence-corrected chi connectivity index (χ3v) is 4.76. The second kappa shape index (κ2) is 7.36. The first-order valence-corrected chi connectivity index (χ1v) is 9.00. The molecule has 0 amide bonds. The number of imidazole rings is 1. The van der Waals surface area contributed by atoms with Crippen molar-refractivity contribution in [3.63, 3.8) is 0 Å². The van der Waals surface area contributed by atoms with Crippen molar-refractivity contribution in [3.8, 4) is 0 Å². The summed E-state index contributed by atoms with van der Waals surface area (Å²) < 4.78 is 15.2. The van der Waals surface area contributed by atoms with E-state index in [2.05, 4.69) is 21.9 Å². The molecule has 0 saturated carbocycles. The molecular weight excluding hydrogens is 349 g/mol. The molecule has 0 atom stereocenters. The molecule has 0 aliphatic carbocycles. The molecule has 1 aromatic carbocycles. The zero-order valence-electron chi connectivity index (χ0n) is 13.2. The van der Waals surface area contributed by atoms with Crippen LogP contribution in [0.3, 0.4) is 0 Å². The minimum absolute atomic E-state index is 0.0990. The Morgan fingerprint density at radius 1 is 1.33 bits per heavy atom. The predicted molar refractivity (Wildman–Crippen MR) is 95.9 cm³/mol. The maximum atomic E-state index is 13.3. The normalized spacial score (nSPS) is 11.3. The van der Waals surface area contributed by atoms with E-state index in [1.807, 2.05) is 4.57 Å². The summed E-state index contributed by atoms with van der Waals surface area (Å²) in [7, 11) is 0. The Bertz CT molecular complexity index is 867. The van der Waals surface area contributed by atoms with Crippen molar-refractivity contribution in [3.05, 3.63) is 40.9 Å². The number of nitrogens with two attached hydrogens (primary N) is 1. The SMILES string of the molecule is CCCCSc1nc(N)c2ncn(Cc3ccc(F)c(Cl)c3)c2n1. The molecule has 0 fully saturated rings. The van der Waals surface area contributed by atoms with Crippen molar-refractivity contribution < 1.29 is 4.39 Å². The number of unbranched alkanes of at least 4 members (excludes halogenated alkanes) is 1. The van der Waals surface area contributed by atoms with Crippen molar-refractivity contribution in [2.45, 2.75) is 31.5 Å². The summed E-state index contributed by atoms with van der Waals surface area (Å²) in [6, 6.07) is 4.64. The van der Waals surface area contributed by atoms with Crippen molar-refractivity contribution >= 4 is 40.3 Å². The summed E-state index contributed by atoms with van der Waals surface area (Å²) in [5, 5.41) is 0.745. The van der Waals surface area contributed by atoms with E-state index >= 15 is 0 Å². The van der Waals surface area contributed by atoms with Crippen LogP contribution in [-0.4, -0.2) is 25.3 Å². The number of hydrogen-bond acceptors (Lipinski definition) is 5. The molecule has 0 spiro atoms. The fourth-order valence-corrected chi connectivity index (χ4v) is 3.40. The van der Waals surface area contributed by atoms with Crippen molar-refractivity contribution in [2.24, 2.45) is 0 Å². The van der Waals surface area contributed by atoms with E-state index in [4.69, 9.17) is 17.3 Å². The minimum atomic E-state index is -0.433. The number of aromatic nitrogens is 4. The van der Waals surface area contributed by atoms with Gasteiger partial charge in [-0.1, -0.05) is 42.8 Å². The number of halogens is 2. The third-order valence-electron chi connectivity index (χ3n) is 3.54. The first kappa shape index (κ1) is 17.0. The quantitative estimate of drug-likeness (QED) is 0.404. The molecule has 3 rings (SSSR count). The fourth-order valence-electron chi connectivity index (χ4n) is 2.27. The summed E-state index contributed by atoms with van der Waals surface area (Å²) in [5.41, 5.74) is 8.10. The first-order valence-electron chi connectivity index (χ1n) is 7.63. The maximum absolute atomic E-state index is 13.3. The van der Waals surface area contributed by atoms with Crippen LogP contribution in [0.1, 0.15) is 25.3 Å². The van der Waals surface area contributed by atoms with Crippen LogP contribution in [0.15, 0.2) is 29.7 Å². The van der Waals surface area contributed by atoms with E-state index in [0.29, 0.717) is 28.7 Å². The van der Waals surface area contributed by atoms with Gasteiger partial charge in [0.1, 0.15) is 11.3 Å². The monoisotopic (exact) mass is 365 g/mol. The average Bonchev–Trinajstić information content (AvgIpc) is 2.95. The molecule has 3 aromatic rings. The lowest BCUT2D eigenvalue weighted by atomic mass is 10.2. The molecule has 24 heavy (non-hydrogen) atoms. The number of nitrogen functional groups attached to an aromatic ring is 1. The zero-order chi connectivity index (χ0) is 17.1. The van der Waals surface area contributed by atoms with Gasteiger partial charge in [-0.3, -0.25) is 0 Å². The van der Waals surface area contributed by atoms with Crippen molar-refractivity contribution in [2.75, 3.05) is 11.5 Å². The molecule has 0 aliphatic heterocycles. The number of anilines is 1. The van der Waals surface area contributed by atoms with Gasteiger partial charge in [0.15, 0.2) is 16.6 Å².